The lowest BCUT2D eigenvalue weighted by Gasteiger charge is -2.13. The highest BCUT2D eigenvalue weighted by molar-refractivity contribution is 7.86. The van der Waals surface area contributed by atoms with Crippen LogP contribution < -0.4 is 0 Å². The standard InChI is InChI=1S/C19H36O5S/c1-4-19(24-25(3,20)21)16-14-12-10-8-6-5-7-9-11-13-15-17-23-18-22-2/h19H,4-5,7,9-18H2,1-3H3/i19D. The highest BCUT2D eigenvalue weighted by Gasteiger charge is 2.12. The Labute approximate surface area is 156 Å². The first-order chi connectivity index (χ1) is 12.3. The number of rotatable bonds is 16. The molecule has 0 bridgehead atoms. The molecule has 0 spiro atoms. The largest absolute Gasteiger partial charge is 0.359 e. The third-order valence-electron chi connectivity index (χ3n) is 3.59. The molecular weight excluding hydrogens is 340 g/mol. The Morgan fingerprint density at radius 3 is 2.20 bits per heavy atom. The van der Waals surface area contributed by atoms with Crippen LogP contribution in [0.4, 0.5) is 0 Å². The average molecular weight is 378 g/mol. The van der Waals surface area contributed by atoms with E-state index in [0.717, 1.165) is 51.4 Å². The monoisotopic (exact) mass is 377 g/mol. The van der Waals surface area contributed by atoms with E-state index in [-0.39, 0.29) is 0 Å². The lowest BCUT2D eigenvalue weighted by molar-refractivity contribution is -0.0315. The molecule has 0 rings (SSSR count). The fraction of sp³-hybridized carbons (Fsp3) is 0.895. The van der Waals surface area contributed by atoms with E-state index in [1.807, 2.05) is 0 Å². The van der Waals surface area contributed by atoms with E-state index in [0.29, 0.717) is 19.6 Å². The normalized spacial score (nSPS) is 14.4. The fourth-order valence-corrected chi connectivity index (χ4v) is 2.92. The van der Waals surface area contributed by atoms with Crippen molar-refractivity contribution in [2.45, 2.75) is 83.6 Å². The van der Waals surface area contributed by atoms with Crippen LogP contribution in [0.25, 0.3) is 0 Å². The van der Waals surface area contributed by atoms with Gasteiger partial charge in [-0.3, -0.25) is 4.18 Å². The Kier molecular flexibility index (Phi) is 15.1. The quantitative estimate of drug-likeness (QED) is 0.174. The molecule has 1 unspecified atom stereocenters. The first-order valence-corrected chi connectivity index (χ1v) is 11.1. The summed E-state index contributed by atoms with van der Waals surface area (Å²) >= 11 is 0. The molecule has 0 aliphatic carbocycles. The molecule has 0 aromatic carbocycles. The molecule has 0 saturated carbocycles. The van der Waals surface area contributed by atoms with Gasteiger partial charge in [0.25, 0.3) is 10.1 Å². The molecule has 0 fully saturated rings. The summed E-state index contributed by atoms with van der Waals surface area (Å²) in [6.07, 6.45) is 9.52. The van der Waals surface area contributed by atoms with Crippen molar-refractivity contribution in [3.05, 3.63) is 0 Å². The number of hydrogen-bond donors (Lipinski definition) is 0. The van der Waals surface area contributed by atoms with Crippen LogP contribution in [0.3, 0.4) is 0 Å². The fourth-order valence-electron chi connectivity index (χ4n) is 2.29. The van der Waals surface area contributed by atoms with Gasteiger partial charge in [-0.15, -0.1) is 11.8 Å². The minimum absolute atomic E-state index is 0.351. The maximum Gasteiger partial charge on any atom is 0.264 e. The summed E-state index contributed by atoms with van der Waals surface area (Å²) in [7, 11) is -1.97. The van der Waals surface area contributed by atoms with Gasteiger partial charge in [-0.1, -0.05) is 26.2 Å². The zero-order valence-electron chi connectivity index (χ0n) is 17.1. The van der Waals surface area contributed by atoms with E-state index in [1.165, 1.54) is 19.3 Å². The van der Waals surface area contributed by atoms with Gasteiger partial charge in [0.2, 0.25) is 0 Å². The van der Waals surface area contributed by atoms with Gasteiger partial charge < -0.3 is 9.47 Å². The topological polar surface area (TPSA) is 61.8 Å². The Morgan fingerprint density at radius 2 is 1.60 bits per heavy atom. The Hall–Kier alpha value is -0.610. The van der Waals surface area contributed by atoms with Crippen molar-refractivity contribution >= 4 is 10.1 Å². The molecular formula is C19H36O5S. The Bertz CT molecular complexity index is 498. The summed E-state index contributed by atoms with van der Waals surface area (Å²) in [4.78, 5) is 0. The molecule has 0 amide bonds. The zero-order chi connectivity index (χ0) is 19.7. The first-order valence-electron chi connectivity index (χ1n) is 9.76. The minimum atomic E-state index is -3.59. The number of unbranched alkanes of at least 4 members (excludes halogenated alkanes) is 7. The molecule has 148 valence electrons. The summed E-state index contributed by atoms with van der Waals surface area (Å²) in [6.45, 7) is 2.91. The van der Waals surface area contributed by atoms with Crippen LogP contribution >= 0.6 is 0 Å². The molecule has 0 heterocycles. The maximum absolute atomic E-state index is 11.2. The van der Waals surface area contributed by atoms with Gasteiger partial charge in [0, 0.05) is 26.6 Å². The smallest absolute Gasteiger partial charge is 0.264 e. The van der Waals surface area contributed by atoms with Gasteiger partial charge >= 0.3 is 0 Å². The summed E-state index contributed by atoms with van der Waals surface area (Å²) in [6, 6.07) is 0. The molecule has 0 aliphatic heterocycles. The van der Waals surface area contributed by atoms with E-state index in [2.05, 4.69) is 11.8 Å². The molecule has 0 aliphatic rings. The van der Waals surface area contributed by atoms with Gasteiger partial charge in [-0.05, 0) is 38.5 Å². The Balaban J connectivity index is 3.58. The highest BCUT2D eigenvalue weighted by Crippen LogP contribution is 2.12. The van der Waals surface area contributed by atoms with Gasteiger partial charge in [-0.2, -0.15) is 8.42 Å². The molecule has 5 nitrogen and oxygen atoms in total. The van der Waals surface area contributed by atoms with Gasteiger partial charge in [0.1, 0.15) is 6.79 Å². The predicted molar refractivity (Wildman–Crippen MR) is 102 cm³/mol. The van der Waals surface area contributed by atoms with Crippen LogP contribution in [0.15, 0.2) is 0 Å². The molecule has 25 heavy (non-hydrogen) atoms. The van der Waals surface area contributed by atoms with Crippen molar-refractivity contribution in [1.82, 2.24) is 0 Å². The van der Waals surface area contributed by atoms with E-state index < -0.39 is 16.2 Å². The lowest BCUT2D eigenvalue weighted by Crippen LogP contribution is -2.16. The van der Waals surface area contributed by atoms with E-state index >= 15 is 0 Å². The summed E-state index contributed by atoms with van der Waals surface area (Å²) in [5.41, 5.74) is 0. The Morgan fingerprint density at radius 1 is 1.00 bits per heavy atom. The van der Waals surface area contributed by atoms with Crippen molar-refractivity contribution in [3.8, 4) is 11.8 Å². The van der Waals surface area contributed by atoms with Crippen LogP contribution in [0.5, 0.6) is 0 Å². The van der Waals surface area contributed by atoms with Crippen LogP contribution in [0.2, 0.25) is 0 Å². The summed E-state index contributed by atoms with van der Waals surface area (Å²) in [5.74, 6) is 6.35. The third-order valence-corrected chi connectivity index (χ3v) is 4.13. The van der Waals surface area contributed by atoms with Crippen LogP contribution in [0, 0.1) is 11.8 Å². The van der Waals surface area contributed by atoms with Gasteiger partial charge in [0.15, 0.2) is 0 Å². The van der Waals surface area contributed by atoms with Crippen molar-refractivity contribution in [2.24, 2.45) is 0 Å². The molecule has 0 aromatic heterocycles. The van der Waals surface area contributed by atoms with Crippen molar-refractivity contribution < 1.29 is 23.4 Å². The van der Waals surface area contributed by atoms with Crippen molar-refractivity contribution in [1.29, 1.82) is 0 Å². The van der Waals surface area contributed by atoms with Crippen molar-refractivity contribution in [2.75, 3.05) is 26.8 Å². The van der Waals surface area contributed by atoms with Crippen LogP contribution in [-0.4, -0.2) is 41.3 Å². The van der Waals surface area contributed by atoms with Crippen molar-refractivity contribution in [3.63, 3.8) is 0 Å². The van der Waals surface area contributed by atoms with Gasteiger partial charge in [0.05, 0.1) is 13.7 Å². The zero-order valence-corrected chi connectivity index (χ0v) is 17.0. The third kappa shape index (κ3) is 19.6. The summed E-state index contributed by atoms with van der Waals surface area (Å²) < 4.78 is 45.4. The number of methoxy groups -OCH3 is 1. The van der Waals surface area contributed by atoms with Crippen LogP contribution in [0.1, 0.15) is 78.9 Å². The van der Waals surface area contributed by atoms with E-state index in [9.17, 15) is 8.42 Å². The molecule has 0 N–H and O–H groups in total. The average Bonchev–Trinajstić information content (AvgIpc) is 2.57. The predicted octanol–water partition coefficient (Wildman–Crippen LogP) is 4.27. The molecule has 0 saturated heterocycles. The molecule has 0 aromatic rings. The lowest BCUT2D eigenvalue weighted by atomic mass is 10.1. The first kappa shape index (κ1) is 22.4. The molecule has 1 atom stereocenters. The maximum atomic E-state index is 11.2. The highest BCUT2D eigenvalue weighted by atomic mass is 32.2. The second-order valence-electron chi connectivity index (χ2n) is 6.07. The second-order valence-corrected chi connectivity index (χ2v) is 7.65. The number of hydrogen-bond acceptors (Lipinski definition) is 5. The van der Waals surface area contributed by atoms with Gasteiger partial charge in [-0.25, -0.2) is 0 Å². The van der Waals surface area contributed by atoms with E-state index in [4.69, 9.17) is 15.0 Å². The second kappa shape index (κ2) is 16.8. The molecule has 6 heteroatoms. The van der Waals surface area contributed by atoms with Crippen LogP contribution in [-0.2, 0) is 23.8 Å². The number of ether oxygens (including phenoxy) is 2. The van der Waals surface area contributed by atoms with E-state index in [1.54, 1.807) is 14.0 Å². The molecule has 0 radical (unpaired) electrons. The SMILES string of the molecule is [2H]C(CC)(CCCCC#CCCCCCCCOCOC)OS(C)(=O)=O. The summed E-state index contributed by atoms with van der Waals surface area (Å²) in [5, 5.41) is 0. The minimum Gasteiger partial charge on any atom is -0.359 e.